The minimum Gasteiger partial charge on any atom is -0.316 e. The molecule has 0 aromatic heterocycles. The first-order chi connectivity index (χ1) is 5.81. The van der Waals surface area contributed by atoms with Gasteiger partial charge in [0.2, 0.25) is 0 Å². The smallest absolute Gasteiger partial charge is 0.000791 e. The van der Waals surface area contributed by atoms with Crippen LogP contribution in [0.15, 0.2) is 0 Å². The summed E-state index contributed by atoms with van der Waals surface area (Å²) in [6.45, 7) is 4.98. The van der Waals surface area contributed by atoms with Crippen molar-refractivity contribution in [2.24, 2.45) is 11.3 Å². The SMILES string of the molecule is CC1CCC2(CCCCNC2)C1. The Morgan fingerprint density at radius 3 is 2.92 bits per heavy atom. The van der Waals surface area contributed by atoms with Gasteiger partial charge in [-0.15, -0.1) is 0 Å². The highest BCUT2D eigenvalue weighted by atomic mass is 14.9. The van der Waals surface area contributed by atoms with Crippen LogP contribution in [0.5, 0.6) is 0 Å². The molecule has 0 bridgehead atoms. The van der Waals surface area contributed by atoms with Gasteiger partial charge in [-0.3, -0.25) is 0 Å². The number of hydrogen-bond acceptors (Lipinski definition) is 1. The average Bonchev–Trinajstić information content (AvgIpc) is 2.30. The predicted molar refractivity (Wildman–Crippen MR) is 52.2 cm³/mol. The van der Waals surface area contributed by atoms with E-state index in [0.717, 1.165) is 11.3 Å². The highest BCUT2D eigenvalue weighted by molar-refractivity contribution is 4.90. The van der Waals surface area contributed by atoms with E-state index in [9.17, 15) is 0 Å². The molecule has 0 aromatic carbocycles. The minimum atomic E-state index is 0.718. The lowest BCUT2D eigenvalue weighted by Crippen LogP contribution is -2.30. The summed E-state index contributed by atoms with van der Waals surface area (Å²) < 4.78 is 0. The van der Waals surface area contributed by atoms with Crippen molar-refractivity contribution in [3.63, 3.8) is 0 Å². The standard InChI is InChI=1S/C11H21N/c1-10-4-6-11(8-10)5-2-3-7-12-9-11/h10,12H,2-9H2,1H3. The van der Waals surface area contributed by atoms with Crippen molar-refractivity contribution in [3.05, 3.63) is 0 Å². The monoisotopic (exact) mass is 167 g/mol. The fourth-order valence-electron chi connectivity index (χ4n) is 3.08. The predicted octanol–water partition coefficient (Wildman–Crippen LogP) is 2.57. The van der Waals surface area contributed by atoms with Crippen LogP contribution in [0.4, 0.5) is 0 Å². The van der Waals surface area contributed by atoms with Crippen molar-refractivity contribution < 1.29 is 0 Å². The topological polar surface area (TPSA) is 12.0 Å². The maximum atomic E-state index is 3.60. The maximum Gasteiger partial charge on any atom is 0.000791 e. The van der Waals surface area contributed by atoms with Gasteiger partial charge in [-0.05, 0) is 43.6 Å². The summed E-state index contributed by atoms with van der Waals surface area (Å²) in [5.74, 6) is 0.991. The average molecular weight is 167 g/mol. The maximum absolute atomic E-state index is 3.60. The van der Waals surface area contributed by atoms with Crippen LogP contribution in [-0.4, -0.2) is 13.1 Å². The van der Waals surface area contributed by atoms with Gasteiger partial charge in [-0.1, -0.05) is 19.8 Å². The van der Waals surface area contributed by atoms with Gasteiger partial charge in [0, 0.05) is 6.54 Å². The summed E-state index contributed by atoms with van der Waals surface area (Å²) in [6.07, 6.45) is 8.79. The molecule has 2 rings (SSSR count). The second kappa shape index (κ2) is 3.37. The van der Waals surface area contributed by atoms with E-state index in [2.05, 4.69) is 12.2 Å². The third-order valence-electron chi connectivity index (χ3n) is 3.76. The Hall–Kier alpha value is -0.0400. The van der Waals surface area contributed by atoms with Crippen molar-refractivity contribution >= 4 is 0 Å². The fraction of sp³-hybridized carbons (Fsp3) is 1.00. The number of hydrogen-bond donors (Lipinski definition) is 1. The lowest BCUT2D eigenvalue weighted by atomic mass is 9.81. The van der Waals surface area contributed by atoms with Gasteiger partial charge in [0.15, 0.2) is 0 Å². The lowest BCUT2D eigenvalue weighted by molar-refractivity contribution is 0.263. The number of rotatable bonds is 0. The molecule has 1 heteroatoms. The van der Waals surface area contributed by atoms with E-state index < -0.39 is 0 Å². The van der Waals surface area contributed by atoms with Gasteiger partial charge in [-0.2, -0.15) is 0 Å². The molecule has 1 spiro atoms. The zero-order valence-electron chi connectivity index (χ0n) is 8.23. The van der Waals surface area contributed by atoms with Gasteiger partial charge in [0.1, 0.15) is 0 Å². The Bertz CT molecular complexity index is 145. The molecule has 1 saturated carbocycles. The molecule has 1 aliphatic heterocycles. The van der Waals surface area contributed by atoms with Gasteiger partial charge < -0.3 is 5.32 Å². The third-order valence-corrected chi connectivity index (χ3v) is 3.76. The van der Waals surface area contributed by atoms with Gasteiger partial charge >= 0.3 is 0 Å². The van der Waals surface area contributed by atoms with E-state index in [0.29, 0.717) is 0 Å². The van der Waals surface area contributed by atoms with Crippen LogP contribution in [0, 0.1) is 11.3 Å². The second-order valence-electron chi connectivity index (χ2n) is 4.98. The van der Waals surface area contributed by atoms with Crippen LogP contribution in [0.1, 0.15) is 45.4 Å². The molecular formula is C11H21N. The highest BCUT2D eigenvalue weighted by Crippen LogP contribution is 2.45. The van der Waals surface area contributed by atoms with Crippen molar-refractivity contribution in [3.8, 4) is 0 Å². The lowest BCUT2D eigenvalue weighted by Gasteiger charge is -2.27. The van der Waals surface area contributed by atoms with Gasteiger partial charge in [0.25, 0.3) is 0 Å². The van der Waals surface area contributed by atoms with E-state index in [1.165, 1.54) is 51.6 Å². The molecule has 2 unspecified atom stereocenters. The molecule has 0 aromatic rings. The van der Waals surface area contributed by atoms with Crippen LogP contribution in [0.2, 0.25) is 0 Å². The van der Waals surface area contributed by atoms with Crippen molar-refractivity contribution in [2.45, 2.75) is 45.4 Å². The molecule has 12 heavy (non-hydrogen) atoms. The first kappa shape index (κ1) is 8.55. The Morgan fingerprint density at radius 2 is 2.17 bits per heavy atom. The molecule has 1 saturated heterocycles. The summed E-state index contributed by atoms with van der Waals surface area (Å²) in [6, 6.07) is 0. The van der Waals surface area contributed by atoms with Crippen molar-refractivity contribution in [1.82, 2.24) is 5.32 Å². The van der Waals surface area contributed by atoms with Gasteiger partial charge in [0.05, 0.1) is 0 Å². The van der Waals surface area contributed by atoms with E-state index in [1.54, 1.807) is 0 Å². The highest BCUT2D eigenvalue weighted by Gasteiger charge is 2.37. The van der Waals surface area contributed by atoms with Crippen LogP contribution in [0.3, 0.4) is 0 Å². The van der Waals surface area contributed by atoms with Crippen molar-refractivity contribution in [2.75, 3.05) is 13.1 Å². The Labute approximate surface area is 75.9 Å². The molecular weight excluding hydrogens is 146 g/mol. The zero-order valence-corrected chi connectivity index (χ0v) is 8.23. The molecule has 1 heterocycles. The van der Waals surface area contributed by atoms with E-state index in [1.807, 2.05) is 0 Å². The Balaban J connectivity index is 1.98. The summed E-state index contributed by atoms with van der Waals surface area (Å²) in [5.41, 5.74) is 0.718. The molecule has 2 atom stereocenters. The second-order valence-corrected chi connectivity index (χ2v) is 4.98. The third kappa shape index (κ3) is 1.66. The van der Waals surface area contributed by atoms with Crippen LogP contribution < -0.4 is 5.32 Å². The molecule has 0 amide bonds. The summed E-state index contributed by atoms with van der Waals surface area (Å²) in [4.78, 5) is 0. The Morgan fingerprint density at radius 1 is 1.25 bits per heavy atom. The van der Waals surface area contributed by atoms with Gasteiger partial charge in [-0.25, -0.2) is 0 Å². The molecule has 1 N–H and O–H groups in total. The molecule has 70 valence electrons. The Kier molecular flexibility index (Phi) is 2.40. The first-order valence-corrected chi connectivity index (χ1v) is 5.52. The molecule has 2 aliphatic rings. The largest absolute Gasteiger partial charge is 0.316 e. The molecule has 2 fully saturated rings. The minimum absolute atomic E-state index is 0.718. The summed E-state index contributed by atoms with van der Waals surface area (Å²) >= 11 is 0. The zero-order chi connectivity index (χ0) is 8.44. The molecule has 1 aliphatic carbocycles. The molecule has 1 nitrogen and oxygen atoms in total. The van der Waals surface area contributed by atoms with E-state index >= 15 is 0 Å². The molecule has 0 radical (unpaired) electrons. The fourth-order valence-corrected chi connectivity index (χ4v) is 3.08. The van der Waals surface area contributed by atoms with Crippen LogP contribution >= 0.6 is 0 Å². The van der Waals surface area contributed by atoms with E-state index in [4.69, 9.17) is 0 Å². The number of nitrogens with one attached hydrogen (secondary N) is 1. The van der Waals surface area contributed by atoms with E-state index in [-0.39, 0.29) is 0 Å². The van der Waals surface area contributed by atoms with Crippen molar-refractivity contribution in [1.29, 1.82) is 0 Å². The quantitative estimate of drug-likeness (QED) is 0.584. The summed E-state index contributed by atoms with van der Waals surface area (Å²) in [7, 11) is 0. The van der Waals surface area contributed by atoms with Crippen LogP contribution in [-0.2, 0) is 0 Å². The normalized spacial score (nSPS) is 43.2. The van der Waals surface area contributed by atoms with Crippen LogP contribution in [0.25, 0.3) is 0 Å². The first-order valence-electron chi connectivity index (χ1n) is 5.52. The summed E-state index contributed by atoms with van der Waals surface area (Å²) in [5, 5.41) is 3.60.